The Morgan fingerprint density at radius 3 is 3.09 bits per heavy atom. The van der Waals surface area contributed by atoms with Gasteiger partial charge in [-0.1, -0.05) is 5.16 Å². The average Bonchev–Trinajstić information content (AvgIpc) is 2.99. The van der Waals surface area contributed by atoms with E-state index in [1.54, 1.807) is 18.0 Å². The van der Waals surface area contributed by atoms with Gasteiger partial charge in [-0.2, -0.15) is 4.98 Å². The first-order valence-electron chi connectivity index (χ1n) is 7.41. The van der Waals surface area contributed by atoms with Crippen LogP contribution < -0.4 is 0 Å². The number of carbonyl (C=O) groups is 1. The van der Waals surface area contributed by atoms with Crippen molar-refractivity contribution in [2.24, 2.45) is 0 Å². The second-order valence-electron chi connectivity index (χ2n) is 5.38. The number of ether oxygens (including phenoxy) is 1. The van der Waals surface area contributed by atoms with Gasteiger partial charge in [0.25, 0.3) is 0 Å². The van der Waals surface area contributed by atoms with E-state index in [4.69, 9.17) is 9.26 Å². The normalized spacial score (nSPS) is 18.2. The molecule has 1 fully saturated rings. The van der Waals surface area contributed by atoms with E-state index in [1.807, 2.05) is 0 Å². The zero-order chi connectivity index (χ0) is 16.2. The van der Waals surface area contributed by atoms with Crippen molar-refractivity contribution in [3.63, 3.8) is 0 Å². The number of halogens is 1. The molecule has 1 amide bonds. The Morgan fingerprint density at radius 2 is 2.35 bits per heavy atom. The molecule has 23 heavy (non-hydrogen) atoms. The molecule has 1 aliphatic rings. The Bertz CT molecular complexity index is 691. The summed E-state index contributed by atoms with van der Waals surface area (Å²) in [4.78, 5) is 22.0. The van der Waals surface area contributed by atoms with E-state index in [-0.39, 0.29) is 12.0 Å². The van der Waals surface area contributed by atoms with Crippen molar-refractivity contribution in [3.05, 3.63) is 41.6 Å². The highest BCUT2D eigenvalue weighted by molar-refractivity contribution is 5.76. The van der Waals surface area contributed by atoms with Gasteiger partial charge in [-0.3, -0.25) is 9.78 Å². The third kappa shape index (κ3) is 3.89. The minimum Gasteiger partial charge on any atom is -0.366 e. The Kier molecular flexibility index (Phi) is 4.61. The van der Waals surface area contributed by atoms with Crippen molar-refractivity contribution in [1.82, 2.24) is 20.0 Å². The summed E-state index contributed by atoms with van der Waals surface area (Å²) >= 11 is 0. The lowest BCUT2D eigenvalue weighted by Crippen LogP contribution is -2.42. The van der Waals surface area contributed by atoms with Crippen LogP contribution in [0.15, 0.2) is 23.0 Å². The van der Waals surface area contributed by atoms with Crippen LogP contribution in [0.5, 0.6) is 0 Å². The van der Waals surface area contributed by atoms with Crippen LogP contribution in [0.3, 0.4) is 0 Å². The lowest BCUT2D eigenvalue weighted by Gasteiger charge is -2.31. The first-order valence-corrected chi connectivity index (χ1v) is 7.41. The SMILES string of the molecule is Cc1nc(C2CN(C(=O)CCc3cncc(F)c3)CCO2)no1. The predicted octanol–water partition coefficient (Wildman–Crippen LogP) is 1.44. The fourth-order valence-electron chi connectivity index (χ4n) is 2.48. The molecule has 3 heterocycles. The minimum atomic E-state index is -0.395. The molecule has 1 aliphatic heterocycles. The summed E-state index contributed by atoms with van der Waals surface area (Å²) in [5.41, 5.74) is 0.706. The van der Waals surface area contributed by atoms with E-state index in [9.17, 15) is 9.18 Å². The van der Waals surface area contributed by atoms with E-state index in [0.717, 1.165) is 6.20 Å². The number of amides is 1. The van der Waals surface area contributed by atoms with Crippen LogP contribution in [0, 0.1) is 12.7 Å². The van der Waals surface area contributed by atoms with E-state index in [0.29, 0.717) is 49.8 Å². The van der Waals surface area contributed by atoms with Crippen LogP contribution in [-0.4, -0.2) is 45.6 Å². The summed E-state index contributed by atoms with van der Waals surface area (Å²) < 4.78 is 23.6. The summed E-state index contributed by atoms with van der Waals surface area (Å²) in [5.74, 6) is 0.511. The quantitative estimate of drug-likeness (QED) is 0.848. The Balaban J connectivity index is 1.56. The van der Waals surface area contributed by atoms with E-state index < -0.39 is 5.82 Å². The van der Waals surface area contributed by atoms with Crippen LogP contribution in [0.25, 0.3) is 0 Å². The second kappa shape index (κ2) is 6.82. The van der Waals surface area contributed by atoms with Crippen LogP contribution in [-0.2, 0) is 16.0 Å². The summed E-state index contributed by atoms with van der Waals surface area (Å²) in [7, 11) is 0. The second-order valence-corrected chi connectivity index (χ2v) is 5.38. The molecule has 2 aromatic rings. The average molecular weight is 320 g/mol. The third-order valence-electron chi connectivity index (χ3n) is 3.64. The molecule has 1 atom stereocenters. The zero-order valence-electron chi connectivity index (χ0n) is 12.7. The van der Waals surface area contributed by atoms with Crippen molar-refractivity contribution < 1.29 is 18.4 Å². The van der Waals surface area contributed by atoms with Crippen molar-refractivity contribution >= 4 is 5.91 Å². The number of rotatable bonds is 4. The number of pyridine rings is 1. The van der Waals surface area contributed by atoms with Crippen LogP contribution >= 0.6 is 0 Å². The Labute approximate surface area is 132 Å². The number of hydrogen-bond donors (Lipinski definition) is 0. The number of nitrogens with zero attached hydrogens (tertiary/aromatic N) is 4. The smallest absolute Gasteiger partial charge is 0.223 e. The summed E-state index contributed by atoms with van der Waals surface area (Å²) in [5, 5.41) is 3.84. The number of carbonyl (C=O) groups excluding carboxylic acids is 1. The largest absolute Gasteiger partial charge is 0.366 e. The number of aromatic nitrogens is 3. The van der Waals surface area contributed by atoms with Gasteiger partial charge in [-0.05, 0) is 18.1 Å². The van der Waals surface area contributed by atoms with Gasteiger partial charge < -0.3 is 14.2 Å². The van der Waals surface area contributed by atoms with Crippen LogP contribution in [0.2, 0.25) is 0 Å². The molecule has 122 valence electrons. The minimum absolute atomic E-state index is 0.0113. The maximum absolute atomic E-state index is 13.1. The highest BCUT2D eigenvalue weighted by Gasteiger charge is 2.28. The summed E-state index contributed by atoms with van der Waals surface area (Å²) in [6, 6.07) is 1.39. The monoisotopic (exact) mass is 320 g/mol. The molecule has 7 nitrogen and oxygen atoms in total. The fraction of sp³-hybridized carbons (Fsp3) is 0.467. The van der Waals surface area contributed by atoms with Gasteiger partial charge in [-0.25, -0.2) is 4.39 Å². The van der Waals surface area contributed by atoms with Crippen LogP contribution in [0.4, 0.5) is 4.39 Å². The molecule has 0 radical (unpaired) electrons. The molecular weight excluding hydrogens is 303 g/mol. The first-order chi connectivity index (χ1) is 11.1. The van der Waals surface area contributed by atoms with Gasteiger partial charge in [0, 0.05) is 26.1 Å². The van der Waals surface area contributed by atoms with Crippen LogP contribution in [0.1, 0.15) is 29.8 Å². The molecular formula is C15H17FN4O3. The standard InChI is InChI=1S/C15H17FN4O3/c1-10-18-15(19-23-10)13-9-20(4-5-22-13)14(21)3-2-11-6-12(16)8-17-7-11/h6-8,13H,2-5,9H2,1H3. The van der Waals surface area contributed by atoms with Gasteiger partial charge in [0.15, 0.2) is 0 Å². The third-order valence-corrected chi connectivity index (χ3v) is 3.64. The molecule has 0 N–H and O–H groups in total. The Morgan fingerprint density at radius 1 is 1.48 bits per heavy atom. The molecule has 3 rings (SSSR count). The summed E-state index contributed by atoms with van der Waals surface area (Å²) in [6.07, 6.45) is 3.09. The number of aryl methyl sites for hydroxylation is 2. The zero-order valence-corrected chi connectivity index (χ0v) is 12.7. The molecule has 0 saturated carbocycles. The van der Waals surface area contributed by atoms with Gasteiger partial charge in [0.05, 0.1) is 19.3 Å². The molecule has 2 aromatic heterocycles. The molecule has 0 aliphatic carbocycles. The van der Waals surface area contributed by atoms with Gasteiger partial charge >= 0.3 is 0 Å². The summed E-state index contributed by atoms with van der Waals surface area (Å²) in [6.45, 7) is 3.04. The van der Waals surface area contributed by atoms with Gasteiger partial charge in [0.1, 0.15) is 11.9 Å². The molecule has 0 bridgehead atoms. The maximum Gasteiger partial charge on any atom is 0.223 e. The lowest BCUT2D eigenvalue weighted by molar-refractivity contribution is -0.139. The van der Waals surface area contributed by atoms with Crippen molar-refractivity contribution in [3.8, 4) is 0 Å². The van der Waals surface area contributed by atoms with E-state index >= 15 is 0 Å². The predicted molar refractivity (Wildman–Crippen MR) is 76.8 cm³/mol. The molecule has 8 heteroatoms. The first kappa shape index (κ1) is 15.5. The van der Waals surface area contributed by atoms with Crippen molar-refractivity contribution in [2.75, 3.05) is 19.7 Å². The maximum atomic E-state index is 13.1. The topological polar surface area (TPSA) is 81.4 Å². The Hall–Kier alpha value is -2.35. The van der Waals surface area contributed by atoms with Gasteiger partial charge in [0.2, 0.25) is 17.6 Å². The van der Waals surface area contributed by atoms with Gasteiger partial charge in [-0.15, -0.1) is 0 Å². The van der Waals surface area contributed by atoms with E-state index in [2.05, 4.69) is 15.1 Å². The van der Waals surface area contributed by atoms with E-state index in [1.165, 1.54) is 6.07 Å². The van der Waals surface area contributed by atoms with Crippen molar-refractivity contribution in [1.29, 1.82) is 0 Å². The molecule has 1 saturated heterocycles. The number of hydrogen-bond acceptors (Lipinski definition) is 6. The number of morpholine rings is 1. The lowest BCUT2D eigenvalue weighted by atomic mass is 10.1. The molecule has 1 unspecified atom stereocenters. The molecule has 0 spiro atoms. The molecule has 0 aromatic carbocycles. The highest BCUT2D eigenvalue weighted by atomic mass is 19.1. The fourth-order valence-corrected chi connectivity index (χ4v) is 2.48. The van der Waals surface area contributed by atoms with Crippen molar-refractivity contribution in [2.45, 2.75) is 25.9 Å². The highest BCUT2D eigenvalue weighted by Crippen LogP contribution is 2.20.